The van der Waals surface area contributed by atoms with Crippen molar-refractivity contribution in [1.29, 1.82) is 0 Å². The molecule has 5 nitrogen and oxygen atoms in total. The molecule has 0 spiro atoms. The molecule has 0 bridgehead atoms. The summed E-state index contributed by atoms with van der Waals surface area (Å²) in [5, 5.41) is 3.86. The Labute approximate surface area is 165 Å². The van der Waals surface area contributed by atoms with E-state index >= 15 is 0 Å². The molecule has 2 N–H and O–H groups in total. The highest BCUT2D eigenvalue weighted by Gasteiger charge is 2.34. The predicted molar refractivity (Wildman–Crippen MR) is 96.0 cm³/mol. The van der Waals surface area contributed by atoms with Crippen molar-refractivity contribution in [3.8, 4) is 5.75 Å². The Bertz CT molecular complexity index is 936. The number of rotatable bonds is 5. The third-order valence-corrected chi connectivity index (χ3v) is 5.15. The van der Waals surface area contributed by atoms with Gasteiger partial charge in [-0.1, -0.05) is 12.1 Å². The first-order valence-corrected chi connectivity index (χ1v) is 9.04. The second kappa shape index (κ2) is 8.27. The van der Waals surface area contributed by atoms with Gasteiger partial charge in [-0.15, -0.1) is 11.8 Å². The lowest BCUT2D eigenvalue weighted by Gasteiger charge is -2.24. The van der Waals surface area contributed by atoms with Crippen molar-refractivity contribution in [2.75, 3.05) is 10.6 Å². The van der Waals surface area contributed by atoms with E-state index in [0.29, 0.717) is 4.90 Å². The van der Waals surface area contributed by atoms with Gasteiger partial charge in [0.2, 0.25) is 11.8 Å². The number of ether oxygens (including phenoxy) is 1. The van der Waals surface area contributed by atoms with Crippen LogP contribution in [0, 0.1) is 0 Å². The van der Waals surface area contributed by atoms with Crippen LogP contribution >= 0.6 is 11.8 Å². The standard InChI is InChI=1S/C18H13F5N2O3S/c19-17(20)28-12-4-2-1-3-10(12)24-15(26)8-14-16(27)25-11-7-9(18(21,22)23)5-6-13(11)29-14/h1-7,14,17H,8H2,(H,24,26)(H,25,27). The van der Waals surface area contributed by atoms with Crippen LogP contribution in [0.15, 0.2) is 47.4 Å². The number of amides is 2. The van der Waals surface area contributed by atoms with Crippen molar-refractivity contribution < 1.29 is 36.3 Å². The lowest BCUT2D eigenvalue weighted by Crippen LogP contribution is -2.32. The van der Waals surface area contributed by atoms with E-state index < -0.39 is 35.4 Å². The molecule has 0 radical (unpaired) electrons. The molecular formula is C18H13F5N2O3S. The number of halogens is 5. The molecule has 1 unspecified atom stereocenters. The molecule has 29 heavy (non-hydrogen) atoms. The highest BCUT2D eigenvalue weighted by molar-refractivity contribution is 8.01. The van der Waals surface area contributed by atoms with Gasteiger partial charge < -0.3 is 15.4 Å². The summed E-state index contributed by atoms with van der Waals surface area (Å²) in [5.41, 5.74) is -0.875. The van der Waals surface area contributed by atoms with E-state index in [2.05, 4.69) is 15.4 Å². The van der Waals surface area contributed by atoms with E-state index in [-0.39, 0.29) is 23.5 Å². The number of carbonyl (C=O) groups excluding carboxylic acids is 2. The number of alkyl halides is 5. The smallest absolute Gasteiger partial charge is 0.416 e. The molecule has 0 saturated carbocycles. The first kappa shape index (κ1) is 20.9. The minimum absolute atomic E-state index is 0.00855. The molecule has 0 aliphatic carbocycles. The average Bonchev–Trinajstić information content (AvgIpc) is 2.62. The van der Waals surface area contributed by atoms with E-state index in [0.717, 1.165) is 23.9 Å². The van der Waals surface area contributed by atoms with Crippen LogP contribution in [0.3, 0.4) is 0 Å². The fourth-order valence-electron chi connectivity index (χ4n) is 2.60. The number of carbonyl (C=O) groups is 2. The molecule has 2 amide bonds. The Morgan fingerprint density at radius 1 is 1.21 bits per heavy atom. The minimum Gasteiger partial charge on any atom is -0.433 e. The van der Waals surface area contributed by atoms with Crippen LogP contribution < -0.4 is 15.4 Å². The third kappa shape index (κ3) is 5.17. The molecule has 0 fully saturated rings. The first-order valence-electron chi connectivity index (χ1n) is 8.16. The molecule has 0 aromatic heterocycles. The normalized spacial score (nSPS) is 16.2. The minimum atomic E-state index is -4.55. The number of thioether (sulfide) groups is 1. The largest absolute Gasteiger partial charge is 0.433 e. The maximum Gasteiger partial charge on any atom is 0.416 e. The summed E-state index contributed by atoms with van der Waals surface area (Å²) in [6.07, 6.45) is -4.87. The molecule has 3 rings (SSSR count). The van der Waals surface area contributed by atoms with E-state index in [1.165, 1.54) is 30.3 Å². The van der Waals surface area contributed by atoms with Gasteiger partial charge in [0, 0.05) is 11.3 Å². The summed E-state index contributed by atoms with van der Waals surface area (Å²) >= 11 is 0.947. The molecule has 1 heterocycles. The number of nitrogens with one attached hydrogen (secondary N) is 2. The number of para-hydroxylation sites is 2. The van der Waals surface area contributed by atoms with Gasteiger partial charge >= 0.3 is 12.8 Å². The number of hydrogen-bond acceptors (Lipinski definition) is 4. The lowest BCUT2D eigenvalue weighted by molar-refractivity contribution is -0.137. The zero-order valence-electron chi connectivity index (χ0n) is 14.4. The summed E-state index contributed by atoms with van der Waals surface area (Å²) in [7, 11) is 0. The fraction of sp³-hybridized carbons (Fsp3) is 0.222. The topological polar surface area (TPSA) is 67.4 Å². The zero-order chi connectivity index (χ0) is 21.2. The molecule has 1 atom stereocenters. The highest BCUT2D eigenvalue weighted by Crippen LogP contribution is 2.40. The van der Waals surface area contributed by atoms with Crippen molar-refractivity contribution in [2.24, 2.45) is 0 Å². The van der Waals surface area contributed by atoms with E-state index in [1.54, 1.807) is 0 Å². The van der Waals surface area contributed by atoms with Gasteiger partial charge in [0.1, 0.15) is 5.75 Å². The van der Waals surface area contributed by atoms with Crippen molar-refractivity contribution in [3.63, 3.8) is 0 Å². The summed E-state index contributed by atoms with van der Waals surface area (Å²) < 4.78 is 67.6. The van der Waals surface area contributed by atoms with E-state index in [1.807, 2.05) is 0 Å². The highest BCUT2D eigenvalue weighted by atomic mass is 32.2. The Hall–Kier alpha value is -2.82. The first-order chi connectivity index (χ1) is 13.6. The number of anilines is 2. The Balaban J connectivity index is 1.69. The number of benzene rings is 2. The van der Waals surface area contributed by atoms with Gasteiger partial charge in [-0.25, -0.2) is 0 Å². The van der Waals surface area contributed by atoms with Crippen molar-refractivity contribution in [2.45, 2.75) is 29.4 Å². The number of hydrogen-bond donors (Lipinski definition) is 2. The summed E-state index contributed by atoms with van der Waals surface area (Å²) in [5.74, 6) is -1.51. The van der Waals surface area contributed by atoms with Crippen LogP contribution in [0.25, 0.3) is 0 Å². The number of fused-ring (bicyclic) bond motifs is 1. The van der Waals surface area contributed by atoms with Gasteiger partial charge in [0.15, 0.2) is 0 Å². The van der Waals surface area contributed by atoms with Crippen molar-refractivity contribution in [3.05, 3.63) is 48.0 Å². The Morgan fingerprint density at radius 3 is 2.62 bits per heavy atom. The average molecular weight is 432 g/mol. The molecule has 1 aliphatic heterocycles. The lowest BCUT2D eigenvalue weighted by atomic mass is 10.1. The summed E-state index contributed by atoms with van der Waals surface area (Å²) in [6, 6.07) is 8.50. The Kier molecular flexibility index (Phi) is 5.96. The van der Waals surface area contributed by atoms with Gasteiger partial charge in [-0.3, -0.25) is 9.59 Å². The maximum atomic E-state index is 12.8. The van der Waals surface area contributed by atoms with Crippen LogP contribution in [0.1, 0.15) is 12.0 Å². The predicted octanol–water partition coefficient (Wildman–Crippen LogP) is 4.75. The third-order valence-electron chi connectivity index (χ3n) is 3.87. The van der Waals surface area contributed by atoms with Crippen molar-refractivity contribution >= 4 is 35.0 Å². The van der Waals surface area contributed by atoms with Crippen LogP contribution in [-0.2, 0) is 15.8 Å². The van der Waals surface area contributed by atoms with Gasteiger partial charge in [-0.2, -0.15) is 22.0 Å². The van der Waals surface area contributed by atoms with Gasteiger partial charge in [0.25, 0.3) is 0 Å². The van der Waals surface area contributed by atoms with E-state index in [9.17, 15) is 31.5 Å². The molecule has 11 heteroatoms. The van der Waals surface area contributed by atoms with Crippen LogP contribution in [0.4, 0.5) is 33.3 Å². The molecule has 2 aromatic rings. The van der Waals surface area contributed by atoms with Gasteiger partial charge in [-0.05, 0) is 30.3 Å². The van der Waals surface area contributed by atoms with Crippen LogP contribution in [-0.4, -0.2) is 23.7 Å². The second-order valence-corrected chi connectivity index (χ2v) is 7.18. The summed E-state index contributed by atoms with van der Waals surface area (Å²) in [6.45, 7) is -3.08. The molecule has 0 saturated heterocycles. The van der Waals surface area contributed by atoms with Crippen molar-refractivity contribution in [1.82, 2.24) is 0 Å². The summed E-state index contributed by atoms with van der Waals surface area (Å²) in [4.78, 5) is 24.9. The maximum absolute atomic E-state index is 12.8. The monoisotopic (exact) mass is 432 g/mol. The quantitative estimate of drug-likeness (QED) is 0.670. The van der Waals surface area contributed by atoms with Gasteiger partial charge in [0.05, 0.1) is 22.2 Å². The van der Waals surface area contributed by atoms with Crippen LogP contribution in [0.2, 0.25) is 0 Å². The van der Waals surface area contributed by atoms with E-state index in [4.69, 9.17) is 0 Å². The molecular weight excluding hydrogens is 419 g/mol. The SMILES string of the molecule is O=C(CC1Sc2ccc(C(F)(F)F)cc2NC1=O)Nc1ccccc1OC(F)F. The zero-order valence-corrected chi connectivity index (χ0v) is 15.2. The molecule has 154 valence electrons. The van der Waals surface area contributed by atoms with Crippen LogP contribution in [0.5, 0.6) is 5.75 Å². The fourth-order valence-corrected chi connectivity index (χ4v) is 3.69. The molecule has 2 aromatic carbocycles. The Morgan fingerprint density at radius 2 is 1.93 bits per heavy atom. The molecule has 1 aliphatic rings. The second-order valence-electron chi connectivity index (χ2n) is 5.93.